The fourth-order valence-electron chi connectivity index (χ4n) is 7.13. The largest absolute Gasteiger partial charge is 0.326 e. The minimum Gasteiger partial charge on any atom is -0.323 e. The predicted molar refractivity (Wildman–Crippen MR) is 94.6 cm³/mol. The average molecular weight is 345 g/mol. The summed E-state index contributed by atoms with van der Waals surface area (Å²) in [5, 5.41) is 2.97. The zero-order chi connectivity index (χ0) is 17.4. The molecule has 3 amide bonds. The van der Waals surface area contributed by atoms with Crippen LogP contribution in [0.4, 0.5) is 4.79 Å². The van der Waals surface area contributed by atoms with Crippen LogP contribution < -0.4 is 5.32 Å². The average Bonchev–Trinajstić information content (AvgIpc) is 3.32. The lowest BCUT2D eigenvalue weighted by Gasteiger charge is -2.57. The van der Waals surface area contributed by atoms with Crippen LogP contribution in [0, 0.1) is 29.1 Å². The summed E-state index contributed by atoms with van der Waals surface area (Å²) < 4.78 is 0. The van der Waals surface area contributed by atoms with Crippen LogP contribution in [0.15, 0.2) is 0 Å². The van der Waals surface area contributed by atoms with Crippen molar-refractivity contribution in [1.29, 1.82) is 0 Å². The molecule has 6 rings (SSSR count). The molecule has 0 radical (unpaired) electrons. The van der Waals surface area contributed by atoms with Crippen molar-refractivity contribution in [2.75, 3.05) is 20.3 Å². The van der Waals surface area contributed by atoms with Gasteiger partial charge in [-0.05, 0) is 94.4 Å². The molecule has 0 spiro atoms. The number of amides is 3. The molecule has 0 aromatic carbocycles. The fourth-order valence-corrected chi connectivity index (χ4v) is 7.13. The maximum absolute atomic E-state index is 12.8. The number of imide groups is 1. The van der Waals surface area contributed by atoms with Crippen LogP contribution in [0.5, 0.6) is 0 Å². The maximum atomic E-state index is 12.8. The molecule has 5 aliphatic carbocycles. The third-order valence-corrected chi connectivity index (χ3v) is 7.85. The van der Waals surface area contributed by atoms with E-state index in [0.717, 1.165) is 37.1 Å². The summed E-state index contributed by atoms with van der Waals surface area (Å²) in [5.74, 6) is 3.14. The Morgan fingerprint density at radius 2 is 1.64 bits per heavy atom. The minimum atomic E-state index is -0.654. The number of nitrogens with one attached hydrogen (secondary N) is 1. The first kappa shape index (κ1) is 16.1. The van der Waals surface area contributed by atoms with Crippen LogP contribution in [0.1, 0.15) is 58.3 Å². The third kappa shape index (κ3) is 2.53. The number of hydrogen-bond acceptors (Lipinski definition) is 3. The standard InChI is InChI=1S/C20H31N3O2/c1-19(16-3-4-16)17(24)23(18(25)21-19)12-22(2)11-20-8-13-5-14(9-20)7-15(6-13)10-20/h13-16H,3-12H2,1-2H3,(H,21,25)/t13?,14?,15?,19-,20?/m0/s1. The van der Waals surface area contributed by atoms with Gasteiger partial charge in [-0.15, -0.1) is 0 Å². The molecule has 4 bridgehead atoms. The van der Waals surface area contributed by atoms with Gasteiger partial charge in [-0.25, -0.2) is 9.69 Å². The number of urea groups is 1. The highest BCUT2D eigenvalue weighted by atomic mass is 16.2. The van der Waals surface area contributed by atoms with Crippen LogP contribution in [0.3, 0.4) is 0 Å². The molecule has 5 saturated carbocycles. The van der Waals surface area contributed by atoms with E-state index >= 15 is 0 Å². The molecule has 138 valence electrons. The van der Waals surface area contributed by atoms with E-state index in [1.54, 1.807) is 0 Å². The monoisotopic (exact) mass is 345 g/mol. The van der Waals surface area contributed by atoms with Crippen LogP contribution >= 0.6 is 0 Å². The first-order chi connectivity index (χ1) is 11.9. The molecule has 1 aliphatic heterocycles. The van der Waals surface area contributed by atoms with Crippen molar-refractivity contribution in [2.45, 2.75) is 63.8 Å². The van der Waals surface area contributed by atoms with Crippen molar-refractivity contribution in [3.8, 4) is 0 Å². The van der Waals surface area contributed by atoms with E-state index in [4.69, 9.17) is 0 Å². The van der Waals surface area contributed by atoms with Gasteiger partial charge in [-0.1, -0.05) is 0 Å². The van der Waals surface area contributed by atoms with Crippen molar-refractivity contribution in [3.05, 3.63) is 0 Å². The molecule has 25 heavy (non-hydrogen) atoms. The topological polar surface area (TPSA) is 52.6 Å². The van der Waals surface area contributed by atoms with Crippen LogP contribution in [-0.2, 0) is 4.79 Å². The number of hydrogen-bond donors (Lipinski definition) is 1. The Morgan fingerprint density at radius 1 is 1.08 bits per heavy atom. The molecule has 1 N–H and O–H groups in total. The van der Waals surface area contributed by atoms with Gasteiger partial charge in [-0.3, -0.25) is 9.69 Å². The number of rotatable bonds is 5. The fraction of sp³-hybridized carbons (Fsp3) is 0.900. The molecular formula is C20H31N3O2. The van der Waals surface area contributed by atoms with Gasteiger partial charge in [0.1, 0.15) is 5.54 Å². The Labute approximate surface area is 150 Å². The minimum absolute atomic E-state index is 0.0163. The van der Waals surface area contributed by atoms with Crippen molar-refractivity contribution in [2.24, 2.45) is 29.1 Å². The summed E-state index contributed by atoms with van der Waals surface area (Å²) in [6.07, 6.45) is 10.6. The van der Waals surface area contributed by atoms with Crippen LogP contribution in [0.2, 0.25) is 0 Å². The Balaban J connectivity index is 1.26. The Bertz CT molecular complexity index is 579. The predicted octanol–water partition coefficient (Wildman–Crippen LogP) is 2.81. The molecule has 1 heterocycles. The van der Waals surface area contributed by atoms with Gasteiger partial charge in [-0.2, -0.15) is 0 Å². The van der Waals surface area contributed by atoms with Crippen molar-refractivity contribution in [3.63, 3.8) is 0 Å². The van der Waals surface area contributed by atoms with Gasteiger partial charge in [0.05, 0.1) is 6.67 Å². The van der Waals surface area contributed by atoms with E-state index in [-0.39, 0.29) is 11.9 Å². The molecule has 0 aromatic heterocycles. The second-order valence-electron chi connectivity index (χ2n) is 10.2. The zero-order valence-corrected chi connectivity index (χ0v) is 15.6. The van der Waals surface area contributed by atoms with E-state index in [1.807, 2.05) is 6.92 Å². The molecule has 0 aromatic rings. The summed E-state index contributed by atoms with van der Waals surface area (Å²) in [6.45, 7) is 3.38. The molecule has 6 aliphatic rings. The molecule has 0 unspecified atom stereocenters. The van der Waals surface area contributed by atoms with Gasteiger partial charge >= 0.3 is 6.03 Å². The van der Waals surface area contributed by atoms with E-state index in [0.29, 0.717) is 18.0 Å². The highest BCUT2D eigenvalue weighted by Crippen LogP contribution is 2.60. The van der Waals surface area contributed by atoms with Crippen LogP contribution in [0.25, 0.3) is 0 Å². The summed E-state index contributed by atoms with van der Waals surface area (Å²) in [5.41, 5.74) is -0.207. The van der Waals surface area contributed by atoms with Crippen molar-refractivity contribution in [1.82, 2.24) is 15.1 Å². The summed E-state index contributed by atoms with van der Waals surface area (Å²) >= 11 is 0. The third-order valence-electron chi connectivity index (χ3n) is 7.85. The second-order valence-corrected chi connectivity index (χ2v) is 10.2. The van der Waals surface area contributed by atoms with E-state index in [9.17, 15) is 9.59 Å². The highest BCUT2D eigenvalue weighted by Gasteiger charge is 2.56. The first-order valence-electron chi connectivity index (χ1n) is 10.2. The Hall–Kier alpha value is -1.10. The molecule has 6 fully saturated rings. The lowest BCUT2D eigenvalue weighted by molar-refractivity contribution is -0.133. The van der Waals surface area contributed by atoms with Gasteiger partial charge < -0.3 is 5.32 Å². The van der Waals surface area contributed by atoms with E-state index in [1.165, 1.54) is 43.4 Å². The second kappa shape index (κ2) is 5.21. The number of nitrogens with zero attached hydrogens (tertiary/aromatic N) is 2. The molecular weight excluding hydrogens is 314 g/mol. The van der Waals surface area contributed by atoms with Crippen molar-refractivity contribution < 1.29 is 9.59 Å². The number of carbonyl (C=O) groups excluding carboxylic acids is 2. The summed E-state index contributed by atoms with van der Waals surface area (Å²) in [4.78, 5) is 28.9. The van der Waals surface area contributed by atoms with Crippen molar-refractivity contribution >= 4 is 11.9 Å². The van der Waals surface area contributed by atoms with Gasteiger partial charge in [0.25, 0.3) is 5.91 Å². The van der Waals surface area contributed by atoms with Gasteiger partial charge in [0, 0.05) is 6.54 Å². The first-order valence-corrected chi connectivity index (χ1v) is 10.2. The Morgan fingerprint density at radius 3 is 2.16 bits per heavy atom. The van der Waals surface area contributed by atoms with E-state index in [2.05, 4.69) is 17.3 Å². The van der Waals surface area contributed by atoms with Gasteiger partial charge in [0.2, 0.25) is 0 Å². The number of carbonyl (C=O) groups is 2. The molecule has 5 nitrogen and oxygen atoms in total. The lowest BCUT2D eigenvalue weighted by atomic mass is 9.49. The van der Waals surface area contributed by atoms with E-state index < -0.39 is 5.54 Å². The highest BCUT2D eigenvalue weighted by molar-refractivity contribution is 6.07. The molecule has 5 heteroatoms. The lowest BCUT2D eigenvalue weighted by Crippen LogP contribution is -2.52. The quantitative estimate of drug-likeness (QED) is 0.780. The zero-order valence-electron chi connectivity index (χ0n) is 15.6. The Kier molecular flexibility index (Phi) is 3.36. The molecule has 1 atom stereocenters. The van der Waals surface area contributed by atoms with Crippen LogP contribution in [-0.4, -0.2) is 47.5 Å². The smallest absolute Gasteiger partial charge is 0.323 e. The maximum Gasteiger partial charge on any atom is 0.326 e. The normalized spacial score (nSPS) is 45.6. The van der Waals surface area contributed by atoms with Gasteiger partial charge in [0.15, 0.2) is 0 Å². The summed E-state index contributed by atoms with van der Waals surface area (Å²) in [6, 6.07) is -0.197. The summed E-state index contributed by atoms with van der Waals surface area (Å²) in [7, 11) is 2.09. The molecule has 1 saturated heterocycles. The SMILES string of the molecule is CN(CN1C(=O)N[C@@](C)(C2CC2)C1=O)CC12CC3CC(CC(C3)C1)C2.